The van der Waals surface area contributed by atoms with E-state index in [-0.39, 0.29) is 11.7 Å². The zero-order valence-electron chi connectivity index (χ0n) is 13.0. The Bertz CT molecular complexity index is 789. The van der Waals surface area contributed by atoms with Crippen molar-refractivity contribution in [3.05, 3.63) is 96.1 Å². The van der Waals surface area contributed by atoms with Crippen molar-refractivity contribution in [2.45, 2.75) is 12.3 Å². The maximum Gasteiger partial charge on any atom is 0.232 e. The van der Waals surface area contributed by atoms with Crippen LogP contribution in [0.15, 0.2) is 79.1 Å². The fourth-order valence-electron chi connectivity index (χ4n) is 2.56. The lowest BCUT2D eigenvalue weighted by Crippen LogP contribution is -2.23. The number of halogens is 1. The standard InChI is InChI=1S/C20H17FN2O/c21-17-10-8-16(9-11-17)19(13-15-5-4-12-22-14-15)20(24)23-18-6-2-1-3-7-18/h1-12,14,19H,13H2,(H,23,24). The molecule has 0 aliphatic heterocycles. The number of hydrogen-bond acceptors (Lipinski definition) is 2. The summed E-state index contributed by atoms with van der Waals surface area (Å²) in [6, 6.07) is 19.1. The lowest BCUT2D eigenvalue weighted by atomic mass is 9.91. The summed E-state index contributed by atoms with van der Waals surface area (Å²) in [5.74, 6) is -0.867. The van der Waals surface area contributed by atoms with Crippen LogP contribution < -0.4 is 5.32 Å². The third-order valence-electron chi connectivity index (χ3n) is 3.79. The number of amides is 1. The fraction of sp³-hybridized carbons (Fsp3) is 0.100. The second kappa shape index (κ2) is 7.51. The highest BCUT2D eigenvalue weighted by atomic mass is 19.1. The molecule has 1 atom stereocenters. The summed E-state index contributed by atoms with van der Waals surface area (Å²) in [6.07, 6.45) is 3.94. The van der Waals surface area contributed by atoms with Crippen molar-refractivity contribution >= 4 is 11.6 Å². The van der Waals surface area contributed by atoms with Crippen LogP contribution >= 0.6 is 0 Å². The van der Waals surface area contributed by atoms with Crippen LogP contribution in [0, 0.1) is 5.82 Å². The number of nitrogens with one attached hydrogen (secondary N) is 1. The van der Waals surface area contributed by atoms with E-state index in [1.165, 1.54) is 12.1 Å². The molecule has 0 saturated heterocycles. The molecule has 1 heterocycles. The smallest absolute Gasteiger partial charge is 0.232 e. The topological polar surface area (TPSA) is 42.0 Å². The Labute approximate surface area is 140 Å². The molecule has 120 valence electrons. The van der Waals surface area contributed by atoms with Crippen LogP contribution in [0.4, 0.5) is 10.1 Å². The molecule has 24 heavy (non-hydrogen) atoms. The molecule has 3 aromatic rings. The highest BCUT2D eigenvalue weighted by Crippen LogP contribution is 2.23. The molecule has 1 unspecified atom stereocenters. The summed E-state index contributed by atoms with van der Waals surface area (Å²) >= 11 is 0. The minimum atomic E-state index is -0.421. The molecule has 1 aromatic heterocycles. The highest BCUT2D eigenvalue weighted by molar-refractivity contribution is 5.96. The average Bonchev–Trinajstić information content (AvgIpc) is 2.62. The summed E-state index contributed by atoms with van der Waals surface area (Å²) in [4.78, 5) is 16.9. The molecule has 4 heteroatoms. The Morgan fingerprint density at radius 3 is 2.42 bits per heavy atom. The summed E-state index contributed by atoms with van der Waals surface area (Å²) in [7, 11) is 0. The van der Waals surface area contributed by atoms with E-state index in [1.807, 2.05) is 42.5 Å². The van der Waals surface area contributed by atoms with Gasteiger partial charge in [-0.3, -0.25) is 9.78 Å². The first-order chi connectivity index (χ1) is 11.7. The molecule has 2 aromatic carbocycles. The number of hydrogen-bond donors (Lipinski definition) is 1. The van der Waals surface area contributed by atoms with Gasteiger partial charge >= 0.3 is 0 Å². The number of benzene rings is 2. The molecule has 0 spiro atoms. The minimum absolute atomic E-state index is 0.128. The van der Waals surface area contributed by atoms with E-state index >= 15 is 0 Å². The van der Waals surface area contributed by atoms with Gasteiger partial charge in [-0.15, -0.1) is 0 Å². The predicted octanol–water partition coefficient (Wildman–Crippen LogP) is 4.19. The number of nitrogens with zero attached hydrogens (tertiary/aromatic N) is 1. The third-order valence-corrected chi connectivity index (χ3v) is 3.79. The van der Waals surface area contributed by atoms with E-state index < -0.39 is 5.92 Å². The Kier molecular flexibility index (Phi) is 4.96. The van der Waals surface area contributed by atoms with E-state index in [0.717, 1.165) is 16.8 Å². The van der Waals surface area contributed by atoms with Crippen LogP contribution in [-0.4, -0.2) is 10.9 Å². The molecule has 3 rings (SSSR count). The fourth-order valence-corrected chi connectivity index (χ4v) is 2.56. The van der Waals surface area contributed by atoms with Crippen molar-refractivity contribution in [2.75, 3.05) is 5.32 Å². The maximum absolute atomic E-state index is 13.2. The van der Waals surface area contributed by atoms with Crippen molar-refractivity contribution in [1.82, 2.24) is 4.98 Å². The molecule has 1 amide bonds. The van der Waals surface area contributed by atoms with Gasteiger partial charge in [0, 0.05) is 18.1 Å². The van der Waals surface area contributed by atoms with Crippen molar-refractivity contribution < 1.29 is 9.18 Å². The summed E-state index contributed by atoms with van der Waals surface area (Å²) in [6.45, 7) is 0. The van der Waals surface area contributed by atoms with E-state index in [2.05, 4.69) is 10.3 Å². The van der Waals surface area contributed by atoms with E-state index in [0.29, 0.717) is 6.42 Å². The quantitative estimate of drug-likeness (QED) is 0.766. The predicted molar refractivity (Wildman–Crippen MR) is 92.2 cm³/mol. The first-order valence-corrected chi connectivity index (χ1v) is 7.72. The number of carbonyl (C=O) groups excluding carboxylic acids is 1. The van der Waals surface area contributed by atoms with Crippen LogP contribution in [0.1, 0.15) is 17.0 Å². The molecule has 0 saturated carbocycles. The van der Waals surface area contributed by atoms with Crippen molar-refractivity contribution in [2.24, 2.45) is 0 Å². The third kappa shape index (κ3) is 4.04. The van der Waals surface area contributed by atoms with Gasteiger partial charge in [0.1, 0.15) is 5.82 Å². The summed E-state index contributed by atoms with van der Waals surface area (Å²) < 4.78 is 13.2. The highest BCUT2D eigenvalue weighted by Gasteiger charge is 2.21. The van der Waals surface area contributed by atoms with Crippen molar-refractivity contribution in [1.29, 1.82) is 0 Å². The van der Waals surface area contributed by atoms with Gasteiger partial charge in [0.15, 0.2) is 0 Å². The Balaban J connectivity index is 1.86. The second-order valence-corrected chi connectivity index (χ2v) is 5.52. The second-order valence-electron chi connectivity index (χ2n) is 5.52. The van der Waals surface area contributed by atoms with Crippen LogP contribution in [-0.2, 0) is 11.2 Å². The number of pyridine rings is 1. The van der Waals surface area contributed by atoms with Crippen molar-refractivity contribution in [3.8, 4) is 0 Å². The van der Waals surface area contributed by atoms with Crippen LogP contribution in [0.25, 0.3) is 0 Å². The van der Waals surface area contributed by atoms with Gasteiger partial charge < -0.3 is 5.32 Å². The number of carbonyl (C=O) groups is 1. The maximum atomic E-state index is 13.2. The largest absolute Gasteiger partial charge is 0.326 e. The molecule has 0 fully saturated rings. The molecule has 0 radical (unpaired) electrons. The average molecular weight is 320 g/mol. The number of rotatable bonds is 5. The minimum Gasteiger partial charge on any atom is -0.326 e. The lowest BCUT2D eigenvalue weighted by Gasteiger charge is -2.17. The molecular formula is C20H17FN2O. The molecule has 0 aliphatic carbocycles. The van der Waals surface area contributed by atoms with Gasteiger partial charge in [0.2, 0.25) is 5.91 Å². The summed E-state index contributed by atoms with van der Waals surface area (Å²) in [5, 5.41) is 2.92. The van der Waals surface area contributed by atoms with Crippen LogP contribution in [0.3, 0.4) is 0 Å². The summed E-state index contributed by atoms with van der Waals surface area (Å²) in [5.41, 5.74) is 2.46. The first-order valence-electron chi connectivity index (χ1n) is 7.72. The van der Waals surface area contributed by atoms with Gasteiger partial charge in [-0.1, -0.05) is 36.4 Å². The Morgan fingerprint density at radius 2 is 1.75 bits per heavy atom. The van der Waals surface area contributed by atoms with Gasteiger partial charge in [-0.2, -0.15) is 0 Å². The van der Waals surface area contributed by atoms with Crippen LogP contribution in [0.5, 0.6) is 0 Å². The van der Waals surface area contributed by atoms with Crippen molar-refractivity contribution in [3.63, 3.8) is 0 Å². The van der Waals surface area contributed by atoms with E-state index in [4.69, 9.17) is 0 Å². The van der Waals surface area contributed by atoms with Gasteiger partial charge in [0.05, 0.1) is 5.92 Å². The van der Waals surface area contributed by atoms with Gasteiger partial charge in [0.25, 0.3) is 0 Å². The van der Waals surface area contributed by atoms with E-state index in [1.54, 1.807) is 24.5 Å². The SMILES string of the molecule is O=C(Nc1ccccc1)C(Cc1cccnc1)c1ccc(F)cc1. The monoisotopic (exact) mass is 320 g/mol. The lowest BCUT2D eigenvalue weighted by molar-refractivity contribution is -0.117. The van der Waals surface area contributed by atoms with Crippen LogP contribution in [0.2, 0.25) is 0 Å². The molecular weight excluding hydrogens is 303 g/mol. The number of anilines is 1. The van der Waals surface area contributed by atoms with Gasteiger partial charge in [-0.25, -0.2) is 4.39 Å². The normalized spacial score (nSPS) is 11.7. The van der Waals surface area contributed by atoms with Gasteiger partial charge in [-0.05, 0) is 47.9 Å². The molecule has 0 aliphatic rings. The zero-order chi connectivity index (χ0) is 16.8. The number of aromatic nitrogens is 1. The first kappa shape index (κ1) is 15.9. The Morgan fingerprint density at radius 1 is 1.00 bits per heavy atom. The van der Waals surface area contributed by atoms with E-state index in [9.17, 15) is 9.18 Å². The molecule has 0 bridgehead atoms. The number of para-hydroxylation sites is 1. The molecule has 3 nitrogen and oxygen atoms in total. The molecule has 1 N–H and O–H groups in total. The zero-order valence-corrected chi connectivity index (χ0v) is 13.0. The Hall–Kier alpha value is -3.01.